The van der Waals surface area contributed by atoms with E-state index in [-0.39, 0.29) is 17.6 Å². The lowest BCUT2D eigenvalue weighted by atomic mass is 9.86. The SMILES string of the molecule is O=C(NCC1CCCN(C(=O)CCC2CCCCC2)C1)c1ccc(F)cc1. The molecule has 5 heteroatoms. The predicted octanol–water partition coefficient (Wildman–Crippen LogP) is 4.15. The Bertz CT molecular complexity index is 626. The highest BCUT2D eigenvalue weighted by Crippen LogP contribution is 2.28. The van der Waals surface area contributed by atoms with E-state index >= 15 is 0 Å². The molecule has 1 N–H and O–H groups in total. The van der Waals surface area contributed by atoms with Gasteiger partial charge in [-0.2, -0.15) is 0 Å². The normalized spacial score (nSPS) is 21.1. The number of rotatable bonds is 6. The van der Waals surface area contributed by atoms with E-state index in [2.05, 4.69) is 5.32 Å². The van der Waals surface area contributed by atoms with Crippen LogP contribution < -0.4 is 5.32 Å². The Balaban J connectivity index is 1.41. The van der Waals surface area contributed by atoms with E-state index in [0.717, 1.165) is 38.3 Å². The molecular formula is C22H31FN2O2. The van der Waals surface area contributed by atoms with Crippen molar-refractivity contribution in [3.63, 3.8) is 0 Å². The van der Waals surface area contributed by atoms with E-state index in [1.54, 1.807) is 0 Å². The third-order valence-corrected chi connectivity index (χ3v) is 6.02. The van der Waals surface area contributed by atoms with Crippen LogP contribution in [0.3, 0.4) is 0 Å². The number of likely N-dealkylation sites (tertiary alicyclic amines) is 1. The molecule has 0 aromatic heterocycles. The molecule has 4 nitrogen and oxygen atoms in total. The maximum Gasteiger partial charge on any atom is 0.251 e. The van der Waals surface area contributed by atoms with Gasteiger partial charge in [-0.3, -0.25) is 9.59 Å². The molecular weight excluding hydrogens is 343 g/mol. The van der Waals surface area contributed by atoms with E-state index in [9.17, 15) is 14.0 Å². The minimum atomic E-state index is -0.346. The molecule has 0 radical (unpaired) electrons. The minimum Gasteiger partial charge on any atom is -0.352 e. The zero-order chi connectivity index (χ0) is 19.1. The van der Waals surface area contributed by atoms with Gasteiger partial charge < -0.3 is 10.2 Å². The van der Waals surface area contributed by atoms with Crippen LogP contribution in [0.1, 0.15) is 68.1 Å². The molecule has 148 valence electrons. The Morgan fingerprint density at radius 3 is 2.44 bits per heavy atom. The van der Waals surface area contributed by atoms with Gasteiger partial charge in [-0.25, -0.2) is 4.39 Å². The van der Waals surface area contributed by atoms with E-state index in [0.29, 0.717) is 24.4 Å². The maximum atomic E-state index is 13.0. The molecule has 1 aliphatic carbocycles. The van der Waals surface area contributed by atoms with Crippen molar-refractivity contribution in [3.05, 3.63) is 35.6 Å². The first-order valence-corrected chi connectivity index (χ1v) is 10.4. The number of piperidine rings is 1. The lowest BCUT2D eigenvalue weighted by Crippen LogP contribution is -2.43. The molecule has 1 saturated heterocycles. The standard InChI is InChI=1S/C22H31FN2O2/c23-20-11-9-19(10-12-20)22(27)24-15-18-7-4-14-25(16-18)21(26)13-8-17-5-2-1-3-6-17/h9-12,17-18H,1-8,13-16H2,(H,24,27). The lowest BCUT2D eigenvalue weighted by Gasteiger charge is -2.33. The van der Waals surface area contributed by atoms with Crippen LogP contribution in [-0.4, -0.2) is 36.3 Å². The van der Waals surface area contributed by atoms with Crippen LogP contribution in [-0.2, 0) is 4.79 Å². The Morgan fingerprint density at radius 2 is 1.70 bits per heavy atom. The molecule has 2 amide bonds. The first-order chi connectivity index (χ1) is 13.1. The number of benzene rings is 1. The second-order valence-electron chi connectivity index (χ2n) is 8.11. The van der Waals surface area contributed by atoms with Crippen molar-refractivity contribution >= 4 is 11.8 Å². The summed E-state index contributed by atoms with van der Waals surface area (Å²) in [5, 5.41) is 2.93. The second kappa shape index (κ2) is 9.86. The first kappa shape index (κ1) is 19.8. The third-order valence-electron chi connectivity index (χ3n) is 6.02. The number of carbonyl (C=O) groups is 2. The molecule has 0 spiro atoms. The molecule has 1 aromatic rings. The molecule has 2 fully saturated rings. The molecule has 0 bridgehead atoms. The van der Waals surface area contributed by atoms with Crippen molar-refractivity contribution in [1.29, 1.82) is 0 Å². The van der Waals surface area contributed by atoms with Crippen molar-refractivity contribution < 1.29 is 14.0 Å². The van der Waals surface area contributed by atoms with Crippen LogP contribution >= 0.6 is 0 Å². The zero-order valence-corrected chi connectivity index (χ0v) is 16.1. The molecule has 2 aliphatic rings. The molecule has 1 atom stereocenters. The largest absolute Gasteiger partial charge is 0.352 e. The van der Waals surface area contributed by atoms with Crippen molar-refractivity contribution in [2.45, 2.75) is 57.8 Å². The summed E-state index contributed by atoms with van der Waals surface area (Å²) in [7, 11) is 0. The van der Waals surface area contributed by atoms with E-state index < -0.39 is 0 Å². The van der Waals surface area contributed by atoms with Crippen LogP contribution in [0.2, 0.25) is 0 Å². The van der Waals surface area contributed by atoms with E-state index in [4.69, 9.17) is 0 Å². The fourth-order valence-electron chi connectivity index (χ4n) is 4.36. The van der Waals surface area contributed by atoms with Crippen molar-refractivity contribution in [2.24, 2.45) is 11.8 Å². The average Bonchev–Trinajstić information content (AvgIpc) is 2.71. The van der Waals surface area contributed by atoms with Crippen LogP contribution in [0.4, 0.5) is 4.39 Å². The van der Waals surface area contributed by atoms with Crippen LogP contribution in [0.25, 0.3) is 0 Å². The van der Waals surface area contributed by atoms with Crippen molar-refractivity contribution in [1.82, 2.24) is 10.2 Å². The second-order valence-corrected chi connectivity index (χ2v) is 8.11. The van der Waals surface area contributed by atoms with Crippen LogP contribution in [0.5, 0.6) is 0 Å². The fraction of sp³-hybridized carbons (Fsp3) is 0.636. The average molecular weight is 375 g/mol. The van der Waals surface area contributed by atoms with Gasteiger partial charge in [-0.05, 0) is 55.4 Å². The molecule has 1 aliphatic heterocycles. The maximum absolute atomic E-state index is 13.0. The highest BCUT2D eigenvalue weighted by molar-refractivity contribution is 5.94. The number of carbonyl (C=O) groups excluding carboxylic acids is 2. The molecule has 27 heavy (non-hydrogen) atoms. The lowest BCUT2D eigenvalue weighted by molar-refractivity contribution is -0.133. The summed E-state index contributed by atoms with van der Waals surface area (Å²) < 4.78 is 13.0. The monoisotopic (exact) mass is 374 g/mol. The van der Waals surface area contributed by atoms with E-state index in [1.165, 1.54) is 56.4 Å². The summed E-state index contributed by atoms with van der Waals surface area (Å²) in [5.74, 6) is 0.771. The Hall–Kier alpha value is -1.91. The Labute approximate surface area is 161 Å². The van der Waals surface area contributed by atoms with Crippen molar-refractivity contribution in [2.75, 3.05) is 19.6 Å². The van der Waals surface area contributed by atoms with Gasteiger partial charge in [0.25, 0.3) is 5.91 Å². The van der Waals surface area contributed by atoms with Crippen LogP contribution in [0, 0.1) is 17.7 Å². The molecule has 1 unspecified atom stereocenters. The van der Waals surface area contributed by atoms with Gasteiger partial charge in [-0.1, -0.05) is 32.1 Å². The molecule has 1 saturated carbocycles. The first-order valence-electron chi connectivity index (χ1n) is 10.4. The topological polar surface area (TPSA) is 49.4 Å². The molecule has 3 rings (SSSR count). The number of amides is 2. The Kier molecular flexibility index (Phi) is 7.25. The summed E-state index contributed by atoms with van der Waals surface area (Å²) in [4.78, 5) is 26.7. The molecule has 1 aromatic carbocycles. The fourth-order valence-corrected chi connectivity index (χ4v) is 4.36. The van der Waals surface area contributed by atoms with Gasteiger partial charge in [-0.15, -0.1) is 0 Å². The quantitative estimate of drug-likeness (QED) is 0.813. The van der Waals surface area contributed by atoms with Gasteiger partial charge in [0.05, 0.1) is 0 Å². The number of nitrogens with one attached hydrogen (secondary N) is 1. The highest BCUT2D eigenvalue weighted by atomic mass is 19.1. The van der Waals surface area contributed by atoms with Gasteiger partial charge in [0.15, 0.2) is 0 Å². The summed E-state index contributed by atoms with van der Waals surface area (Å²) in [5.41, 5.74) is 0.465. The van der Waals surface area contributed by atoms with Gasteiger partial charge in [0.2, 0.25) is 5.91 Å². The predicted molar refractivity (Wildman–Crippen MR) is 104 cm³/mol. The van der Waals surface area contributed by atoms with Gasteiger partial charge >= 0.3 is 0 Å². The number of nitrogens with zero attached hydrogens (tertiary/aromatic N) is 1. The number of hydrogen-bond donors (Lipinski definition) is 1. The summed E-state index contributed by atoms with van der Waals surface area (Å²) in [6, 6.07) is 5.57. The summed E-state index contributed by atoms with van der Waals surface area (Å²) >= 11 is 0. The minimum absolute atomic E-state index is 0.184. The van der Waals surface area contributed by atoms with E-state index in [1.807, 2.05) is 4.90 Å². The summed E-state index contributed by atoms with van der Waals surface area (Å²) in [6.45, 7) is 2.13. The molecule has 1 heterocycles. The smallest absolute Gasteiger partial charge is 0.251 e. The number of hydrogen-bond acceptors (Lipinski definition) is 2. The van der Waals surface area contributed by atoms with Crippen molar-refractivity contribution in [3.8, 4) is 0 Å². The van der Waals surface area contributed by atoms with Gasteiger partial charge in [0, 0.05) is 31.6 Å². The highest BCUT2D eigenvalue weighted by Gasteiger charge is 2.25. The van der Waals surface area contributed by atoms with Crippen LogP contribution in [0.15, 0.2) is 24.3 Å². The third kappa shape index (κ3) is 6.05. The zero-order valence-electron chi connectivity index (χ0n) is 16.1. The van der Waals surface area contributed by atoms with Gasteiger partial charge in [0.1, 0.15) is 5.82 Å². The Morgan fingerprint density at radius 1 is 1.00 bits per heavy atom. The summed E-state index contributed by atoms with van der Waals surface area (Å²) in [6.07, 6.45) is 10.3. The number of halogens is 1.